The molecule has 0 fully saturated rings. The van der Waals surface area contributed by atoms with Gasteiger partial charge in [-0.15, -0.1) is 0 Å². The Kier molecular flexibility index (Phi) is 3.12. The molecule has 0 bridgehead atoms. The van der Waals surface area contributed by atoms with Gasteiger partial charge in [-0.3, -0.25) is 0 Å². The quantitative estimate of drug-likeness (QED) is 0.769. The lowest BCUT2D eigenvalue weighted by Crippen LogP contribution is -2.12. The minimum Gasteiger partial charge on any atom is -0.382 e. The van der Waals surface area contributed by atoms with E-state index in [1.165, 1.54) is 0 Å². The molecule has 0 saturated heterocycles. The molecule has 1 N–H and O–H groups in total. The van der Waals surface area contributed by atoms with Crippen LogP contribution in [0.1, 0.15) is 13.8 Å². The van der Waals surface area contributed by atoms with Crippen molar-refractivity contribution in [2.45, 2.75) is 19.9 Å². The predicted octanol–water partition coefficient (Wildman–Crippen LogP) is 1.97. The van der Waals surface area contributed by atoms with Crippen LogP contribution in [0.5, 0.6) is 0 Å². The highest BCUT2D eigenvalue weighted by molar-refractivity contribution is 5.48. The molecule has 1 rings (SSSR count). The van der Waals surface area contributed by atoms with Crippen molar-refractivity contribution in [3.8, 4) is 0 Å². The molecule has 1 aromatic heterocycles. The van der Waals surface area contributed by atoms with Crippen LogP contribution in [0.4, 0.5) is 11.5 Å². The molecule has 0 saturated carbocycles. The summed E-state index contributed by atoms with van der Waals surface area (Å²) in [5.41, 5.74) is 1.07. The van der Waals surface area contributed by atoms with Crippen LogP contribution in [0.25, 0.3) is 0 Å². The van der Waals surface area contributed by atoms with Gasteiger partial charge in [0, 0.05) is 20.1 Å². The number of anilines is 2. The standard InChI is InChI=1S/C10H17N3/c1-8(2)12-9-5-6-10(11-7-9)13(3)4/h5-8,12H,1-4H3. The van der Waals surface area contributed by atoms with E-state index in [9.17, 15) is 0 Å². The highest BCUT2D eigenvalue weighted by Gasteiger charge is 1.97. The molecule has 1 aromatic rings. The summed E-state index contributed by atoms with van der Waals surface area (Å²) in [4.78, 5) is 6.28. The molecule has 0 spiro atoms. The van der Waals surface area contributed by atoms with E-state index in [0.717, 1.165) is 11.5 Å². The van der Waals surface area contributed by atoms with Crippen molar-refractivity contribution in [1.82, 2.24) is 4.98 Å². The topological polar surface area (TPSA) is 28.2 Å². The third-order valence-corrected chi connectivity index (χ3v) is 1.66. The second-order valence-corrected chi connectivity index (χ2v) is 3.60. The normalized spacial score (nSPS) is 10.2. The van der Waals surface area contributed by atoms with Crippen LogP contribution in [0, 0.1) is 0 Å². The van der Waals surface area contributed by atoms with Crippen LogP contribution in [-0.4, -0.2) is 25.1 Å². The van der Waals surface area contributed by atoms with Crippen LogP contribution in [0.2, 0.25) is 0 Å². The SMILES string of the molecule is CC(C)Nc1ccc(N(C)C)nc1. The molecular formula is C10H17N3. The summed E-state index contributed by atoms with van der Waals surface area (Å²) >= 11 is 0. The first-order chi connectivity index (χ1) is 6.09. The van der Waals surface area contributed by atoms with Crippen LogP contribution >= 0.6 is 0 Å². The fraction of sp³-hybridized carbons (Fsp3) is 0.500. The predicted molar refractivity (Wildman–Crippen MR) is 57.3 cm³/mol. The van der Waals surface area contributed by atoms with Gasteiger partial charge in [0.2, 0.25) is 0 Å². The number of aromatic nitrogens is 1. The van der Waals surface area contributed by atoms with Gasteiger partial charge in [0.15, 0.2) is 0 Å². The molecule has 1 heterocycles. The van der Waals surface area contributed by atoms with Crippen molar-refractivity contribution >= 4 is 11.5 Å². The number of rotatable bonds is 3. The third-order valence-electron chi connectivity index (χ3n) is 1.66. The maximum atomic E-state index is 4.29. The Labute approximate surface area is 79.8 Å². The van der Waals surface area contributed by atoms with E-state index in [2.05, 4.69) is 24.1 Å². The van der Waals surface area contributed by atoms with Gasteiger partial charge in [0.05, 0.1) is 11.9 Å². The Morgan fingerprint density at radius 2 is 2.00 bits per heavy atom. The van der Waals surface area contributed by atoms with Gasteiger partial charge in [-0.2, -0.15) is 0 Å². The summed E-state index contributed by atoms with van der Waals surface area (Å²) < 4.78 is 0. The maximum Gasteiger partial charge on any atom is 0.128 e. The van der Waals surface area contributed by atoms with Crippen molar-refractivity contribution in [2.75, 3.05) is 24.3 Å². The molecule has 0 unspecified atom stereocenters. The number of hydrogen-bond donors (Lipinski definition) is 1. The van der Waals surface area contributed by atoms with Crippen LogP contribution in [0.3, 0.4) is 0 Å². The van der Waals surface area contributed by atoms with Gasteiger partial charge >= 0.3 is 0 Å². The Hall–Kier alpha value is -1.25. The van der Waals surface area contributed by atoms with Crippen molar-refractivity contribution in [3.05, 3.63) is 18.3 Å². The molecular weight excluding hydrogens is 162 g/mol. The minimum absolute atomic E-state index is 0.451. The molecule has 0 aromatic carbocycles. The van der Waals surface area contributed by atoms with Crippen LogP contribution in [0.15, 0.2) is 18.3 Å². The van der Waals surface area contributed by atoms with Crippen molar-refractivity contribution in [2.24, 2.45) is 0 Å². The molecule has 3 heteroatoms. The number of nitrogens with zero attached hydrogens (tertiary/aromatic N) is 2. The van der Waals surface area contributed by atoms with Crippen molar-refractivity contribution in [3.63, 3.8) is 0 Å². The molecule has 0 aliphatic rings. The summed E-state index contributed by atoms with van der Waals surface area (Å²) in [5, 5.41) is 3.29. The third kappa shape index (κ3) is 2.93. The van der Waals surface area contributed by atoms with E-state index in [0.29, 0.717) is 6.04 Å². The molecule has 72 valence electrons. The van der Waals surface area contributed by atoms with Gasteiger partial charge in [0.1, 0.15) is 5.82 Å². The van der Waals surface area contributed by atoms with E-state index in [1.807, 2.05) is 37.3 Å². The van der Waals surface area contributed by atoms with E-state index >= 15 is 0 Å². The number of pyridine rings is 1. The fourth-order valence-electron chi connectivity index (χ4n) is 1.07. The summed E-state index contributed by atoms with van der Waals surface area (Å²) in [7, 11) is 3.97. The molecule has 0 aliphatic heterocycles. The van der Waals surface area contributed by atoms with Gasteiger partial charge in [-0.05, 0) is 26.0 Å². The van der Waals surface area contributed by atoms with E-state index < -0.39 is 0 Å². The number of nitrogens with one attached hydrogen (secondary N) is 1. The Morgan fingerprint density at radius 3 is 2.38 bits per heavy atom. The highest BCUT2D eigenvalue weighted by atomic mass is 15.1. The van der Waals surface area contributed by atoms with Gasteiger partial charge in [-0.25, -0.2) is 4.98 Å². The average molecular weight is 179 g/mol. The Balaban J connectivity index is 2.70. The summed E-state index contributed by atoms with van der Waals surface area (Å²) in [6.07, 6.45) is 1.86. The zero-order chi connectivity index (χ0) is 9.84. The van der Waals surface area contributed by atoms with Gasteiger partial charge < -0.3 is 10.2 Å². The summed E-state index contributed by atoms with van der Waals surface area (Å²) in [6, 6.07) is 4.50. The largest absolute Gasteiger partial charge is 0.382 e. The van der Waals surface area contributed by atoms with Crippen molar-refractivity contribution in [1.29, 1.82) is 0 Å². The minimum atomic E-state index is 0.451. The molecule has 3 nitrogen and oxygen atoms in total. The monoisotopic (exact) mass is 179 g/mol. The smallest absolute Gasteiger partial charge is 0.128 e. The summed E-state index contributed by atoms with van der Waals surface area (Å²) in [5.74, 6) is 0.981. The van der Waals surface area contributed by atoms with Gasteiger partial charge in [0.25, 0.3) is 0 Å². The Bertz CT molecular complexity index is 251. The lowest BCUT2D eigenvalue weighted by molar-refractivity contribution is 0.897. The highest BCUT2D eigenvalue weighted by Crippen LogP contribution is 2.12. The van der Waals surface area contributed by atoms with E-state index in [-0.39, 0.29) is 0 Å². The second kappa shape index (κ2) is 4.12. The molecule has 0 radical (unpaired) electrons. The van der Waals surface area contributed by atoms with E-state index in [4.69, 9.17) is 0 Å². The lowest BCUT2D eigenvalue weighted by Gasteiger charge is -2.13. The zero-order valence-electron chi connectivity index (χ0n) is 8.70. The maximum absolute atomic E-state index is 4.29. The lowest BCUT2D eigenvalue weighted by atomic mass is 10.3. The summed E-state index contributed by atoms with van der Waals surface area (Å²) in [6.45, 7) is 4.22. The molecule has 0 amide bonds. The first-order valence-corrected chi connectivity index (χ1v) is 4.49. The van der Waals surface area contributed by atoms with Crippen LogP contribution < -0.4 is 10.2 Å². The Morgan fingerprint density at radius 1 is 1.31 bits per heavy atom. The first-order valence-electron chi connectivity index (χ1n) is 4.49. The fourth-order valence-corrected chi connectivity index (χ4v) is 1.07. The number of hydrogen-bond acceptors (Lipinski definition) is 3. The second-order valence-electron chi connectivity index (χ2n) is 3.60. The zero-order valence-corrected chi connectivity index (χ0v) is 8.70. The van der Waals surface area contributed by atoms with Gasteiger partial charge in [-0.1, -0.05) is 0 Å². The van der Waals surface area contributed by atoms with E-state index in [1.54, 1.807) is 0 Å². The van der Waals surface area contributed by atoms with Crippen molar-refractivity contribution < 1.29 is 0 Å². The molecule has 13 heavy (non-hydrogen) atoms. The molecule has 0 aliphatic carbocycles. The average Bonchev–Trinajstić information content (AvgIpc) is 2.04. The first kappa shape index (κ1) is 9.84. The van der Waals surface area contributed by atoms with Crippen LogP contribution in [-0.2, 0) is 0 Å². The molecule has 0 atom stereocenters.